The smallest absolute Gasteiger partial charge is 0.242 e. The number of aliphatic hydroxyl groups excluding tert-OH is 1. The Morgan fingerprint density at radius 3 is 2.94 bits per heavy atom. The number of likely N-dealkylation sites (N-methyl/N-ethyl adjacent to an activating group) is 1. The van der Waals surface area contributed by atoms with Crippen LogP contribution in [0.2, 0.25) is 0 Å². The maximum Gasteiger partial charge on any atom is 0.242 e. The predicted octanol–water partition coefficient (Wildman–Crippen LogP) is -1.01. The lowest BCUT2D eigenvalue weighted by molar-refractivity contribution is -0.137. The average Bonchev–Trinajstić information content (AvgIpc) is 2.70. The SMILES string of the molecule is CN(CCOCCO)C(=O)CN1CSCC1=O. The molecule has 0 bridgehead atoms. The summed E-state index contributed by atoms with van der Waals surface area (Å²) in [5, 5.41) is 8.51. The highest BCUT2D eigenvalue weighted by molar-refractivity contribution is 8.00. The molecule has 0 aromatic heterocycles. The molecule has 1 heterocycles. The van der Waals surface area contributed by atoms with E-state index < -0.39 is 0 Å². The van der Waals surface area contributed by atoms with Crippen molar-refractivity contribution in [3.63, 3.8) is 0 Å². The summed E-state index contributed by atoms with van der Waals surface area (Å²) < 4.78 is 5.07. The van der Waals surface area contributed by atoms with Crippen LogP contribution in [0.4, 0.5) is 0 Å². The molecule has 0 atom stereocenters. The van der Waals surface area contributed by atoms with Crippen molar-refractivity contribution < 1.29 is 19.4 Å². The van der Waals surface area contributed by atoms with Crippen molar-refractivity contribution in [2.24, 2.45) is 0 Å². The van der Waals surface area contributed by atoms with E-state index in [4.69, 9.17) is 9.84 Å². The fourth-order valence-corrected chi connectivity index (χ4v) is 2.22. The van der Waals surface area contributed by atoms with Gasteiger partial charge in [-0.3, -0.25) is 9.59 Å². The van der Waals surface area contributed by atoms with Gasteiger partial charge in [0.2, 0.25) is 11.8 Å². The van der Waals surface area contributed by atoms with Crippen LogP contribution in [0.25, 0.3) is 0 Å². The molecule has 1 aliphatic rings. The van der Waals surface area contributed by atoms with Crippen LogP contribution in [0.1, 0.15) is 0 Å². The number of amides is 2. The minimum atomic E-state index is -0.0894. The molecule has 98 valence electrons. The molecule has 7 heteroatoms. The van der Waals surface area contributed by atoms with E-state index in [0.29, 0.717) is 24.8 Å². The lowest BCUT2D eigenvalue weighted by Crippen LogP contribution is -2.40. The first-order valence-corrected chi connectivity index (χ1v) is 6.58. The Morgan fingerprint density at radius 1 is 1.59 bits per heavy atom. The van der Waals surface area contributed by atoms with E-state index in [-0.39, 0.29) is 31.6 Å². The largest absolute Gasteiger partial charge is 0.394 e. The molecule has 17 heavy (non-hydrogen) atoms. The molecule has 1 rings (SSSR count). The Hall–Kier alpha value is -0.790. The highest BCUT2D eigenvalue weighted by Gasteiger charge is 2.23. The third-order valence-corrected chi connectivity index (χ3v) is 3.33. The molecule has 1 saturated heterocycles. The summed E-state index contributed by atoms with van der Waals surface area (Å²) >= 11 is 1.52. The average molecular weight is 262 g/mol. The van der Waals surface area contributed by atoms with Gasteiger partial charge in [-0.15, -0.1) is 11.8 Å². The van der Waals surface area contributed by atoms with Gasteiger partial charge >= 0.3 is 0 Å². The van der Waals surface area contributed by atoms with E-state index in [1.54, 1.807) is 11.9 Å². The number of carbonyl (C=O) groups excluding carboxylic acids is 2. The molecular weight excluding hydrogens is 244 g/mol. The van der Waals surface area contributed by atoms with Crippen molar-refractivity contribution in [2.45, 2.75) is 0 Å². The Balaban J connectivity index is 2.19. The lowest BCUT2D eigenvalue weighted by atomic mass is 10.4. The van der Waals surface area contributed by atoms with Crippen molar-refractivity contribution in [2.75, 3.05) is 51.6 Å². The molecule has 0 aromatic rings. The number of ether oxygens (including phenoxy) is 1. The van der Waals surface area contributed by atoms with Crippen molar-refractivity contribution in [3.8, 4) is 0 Å². The van der Waals surface area contributed by atoms with Gasteiger partial charge in [0.25, 0.3) is 0 Å². The summed E-state index contributed by atoms with van der Waals surface area (Å²) in [7, 11) is 1.68. The van der Waals surface area contributed by atoms with Gasteiger partial charge in [0.05, 0.1) is 31.5 Å². The van der Waals surface area contributed by atoms with E-state index in [1.165, 1.54) is 16.7 Å². The van der Waals surface area contributed by atoms with E-state index in [9.17, 15) is 9.59 Å². The zero-order valence-corrected chi connectivity index (χ0v) is 10.7. The zero-order chi connectivity index (χ0) is 12.7. The molecule has 0 aliphatic carbocycles. The number of hydrogen-bond acceptors (Lipinski definition) is 5. The first kappa shape index (κ1) is 14.3. The number of rotatable bonds is 7. The van der Waals surface area contributed by atoms with Crippen molar-refractivity contribution in [1.29, 1.82) is 0 Å². The maximum atomic E-state index is 11.7. The Labute approximate surface area is 105 Å². The Bertz CT molecular complexity index is 275. The maximum absolute atomic E-state index is 11.7. The van der Waals surface area contributed by atoms with E-state index >= 15 is 0 Å². The molecular formula is C10H18N2O4S. The normalized spacial score (nSPS) is 15.4. The summed E-state index contributed by atoms with van der Waals surface area (Å²) in [6.07, 6.45) is 0. The van der Waals surface area contributed by atoms with Crippen LogP contribution in [-0.4, -0.2) is 78.3 Å². The van der Waals surface area contributed by atoms with Gasteiger partial charge in [-0.05, 0) is 0 Å². The topological polar surface area (TPSA) is 70.1 Å². The van der Waals surface area contributed by atoms with Crippen LogP contribution in [0, 0.1) is 0 Å². The second-order valence-corrected chi connectivity index (χ2v) is 4.68. The number of hydrogen-bond donors (Lipinski definition) is 1. The number of aliphatic hydroxyl groups is 1. The van der Waals surface area contributed by atoms with E-state index in [0.717, 1.165) is 0 Å². The molecule has 0 unspecified atom stereocenters. The number of carbonyl (C=O) groups is 2. The quantitative estimate of drug-likeness (QED) is 0.595. The third kappa shape index (κ3) is 4.93. The van der Waals surface area contributed by atoms with Gasteiger partial charge in [-0.1, -0.05) is 0 Å². The molecule has 1 aliphatic heterocycles. The third-order valence-electron chi connectivity index (χ3n) is 2.38. The van der Waals surface area contributed by atoms with Crippen molar-refractivity contribution >= 4 is 23.6 Å². The van der Waals surface area contributed by atoms with E-state index in [2.05, 4.69) is 0 Å². The standard InChI is InChI=1S/C10H18N2O4S/c1-11(2-4-16-5-3-13)9(14)6-12-8-17-7-10(12)15/h13H,2-8H2,1H3. The Morgan fingerprint density at radius 2 is 2.35 bits per heavy atom. The first-order chi connectivity index (χ1) is 8.15. The van der Waals surface area contributed by atoms with E-state index in [1.807, 2.05) is 0 Å². The van der Waals surface area contributed by atoms with Crippen LogP contribution in [-0.2, 0) is 14.3 Å². The summed E-state index contributed by atoms with van der Waals surface area (Å²) in [5.41, 5.74) is 0. The van der Waals surface area contributed by atoms with Gasteiger partial charge in [0, 0.05) is 13.6 Å². The van der Waals surface area contributed by atoms with Crippen molar-refractivity contribution in [3.05, 3.63) is 0 Å². The van der Waals surface area contributed by atoms with Gasteiger partial charge < -0.3 is 19.6 Å². The summed E-state index contributed by atoms with van der Waals surface area (Å²) in [6.45, 7) is 1.27. The fraction of sp³-hybridized carbons (Fsp3) is 0.800. The highest BCUT2D eigenvalue weighted by atomic mass is 32.2. The molecule has 6 nitrogen and oxygen atoms in total. The van der Waals surface area contributed by atoms with Crippen LogP contribution < -0.4 is 0 Å². The summed E-state index contributed by atoms with van der Waals surface area (Å²) in [5.74, 6) is 0.998. The van der Waals surface area contributed by atoms with Gasteiger partial charge in [-0.25, -0.2) is 0 Å². The highest BCUT2D eigenvalue weighted by Crippen LogP contribution is 2.14. The monoisotopic (exact) mass is 262 g/mol. The fourth-order valence-electron chi connectivity index (χ4n) is 1.32. The summed E-state index contributed by atoms with van der Waals surface area (Å²) in [6, 6.07) is 0. The van der Waals surface area contributed by atoms with Gasteiger partial charge in [0.15, 0.2) is 0 Å². The van der Waals surface area contributed by atoms with Crippen LogP contribution >= 0.6 is 11.8 Å². The second-order valence-electron chi connectivity index (χ2n) is 3.72. The molecule has 1 N–H and O–H groups in total. The van der Waals surface area contributed by atoms with Gasteiger partial charge in [-0.2, -0.15) is 0 Å². The molecule has 0 saturated carbocycles. The van der Waals surface area contributed by atoms with Gasteiger partial charge in [0.1, 0.15) is 6.54 Å². The molecule has 0 radical (unpaired) electrons. The molecule has 2 amide bonds. The van der Waals surface area contributed by atoms with Crippen molar-refractivity contribution in [1.82, 2.24) is 9.80 Å². The summed E-state index contributed by atoms with van der Waals surface area (Å²) in [4.78, 5) is 26.1. The first-order valence-electron chi connectivity index (χ1n) is 5.43. The molecule has 0 aromatic carbocycles. The number of thioether (sulfide) groups is 1. The molecule has 0 spiro atoms. The zero-order valence-electron chi connectivity index (χ0n) is 9.92. The van der Waals surface area contributed by atoms with Crippen LogP contribution in [0.3, 0.4) is 0 Å². The lowest BCUT2D eigenvalue weighted by Gasteiger charge is -2.21. The predicted molar refractivity (Wildman–Crippen MR) is 64.6 cm³/mol. The van der Waals surface area contributed by atoms with Crippen LogP contribution in [0.15, 0.2) is 0 Å². The number of nitrogens with zero attached hydrogens (tertiary/aromatic N) is 2. The molecule has 1 fully saturated rings. The second kappa shape index (κ2) is 7.52. The van der Waals surface area contributed by atoms with Crippen LogP contribution in [0.5, 0.6) is 0 Å². The minimum Gasteiger partial charge on any atom is -0.394 e. The Kier molecular flexibility index (Phi) is 6.31. The minimum absolute atomic E-state index is 0.0167.